The molecule has 148 valence electrons. The first kappa shape index (κ1) is 19.1. The molecule has 1 atom stereocenters. The van der Waals surface area contributed by atoms with E-state index in [1.54, 1.807) is 0 Å². The van der Waals surface area contributed by atoms with Gasteiger partial charge in [-0.15, -0.1) is 5.10 Å². The number of carbonyl (C=O) groups excluding carboxylic acids is 1. The maximum absolute atomic E-state index is 13.2. The van der Waals surface area contributed by atoms with Gasteiger partial charge in [0, 0.05) is 13.1 Å². The van der Waals surface area contributed by atoms with E-state index < -0.39 is 0 Å². The van der Waals surface area contributed by atoms with Gasteiger partial charge in [-0.3, -0.25) is 4.79 Å². The summed E-state index contributed by atoms with van der Waals surface area (Å²) in [5, 5.41) is 11.8. The van der Waals surface area contributed by atoms with E-state index >= 15 is 0 Å². The van der Waals surface area contributed by atoms with Crippen molar-refractivity contribution in [1.29, 1.82) is 0 Å². The van der Waals surface area contributed by atoms with Crippen molar-refractivity contribution in [3.05, 3.63) is 89.6 Å². The maximum Gasteiger partial charge on any atom is 0.225 e. The molecule has 1 N–H and O–H groups in total. The highest BCUT2D eigenvalue weighted by Gasteiger charge is 2.28. The highest BCUT2D eigenvalue weighted by molar-refractivity contribution is 5.80. The van der Waals surface area contributed by atoms with Crippen molar-refractivity contribution in [2.24, 2.45) is 5.92 Å². The zero-order chi connectivity index (χ0) is 20.1. The fourth-order valence-corrected chi connectivity index (χ4v) is 3.87. The molecule has 0 spiro atoms. The van der Waals surface area contributed by atoms with Gasteiger partial charge in [-0.25, -0.2) is 0 Å². The second kappa shape index (κ2) is 8.86. The highest BCUT2D eigenvalue weighted by atomic mass is 16.2. The third kappa shape index (κ3) is 4.62. The molecule has 1 saturated heterocycles. The van der Waals surface area contributed by atoms with Crippen LogP contribution in [0.2, 0.25) is 0 Å². The highest BCUT2D eigenvalue weighted by Crippen LogP contribution is 2.25. The number of anilines is 1. The number of nitrogens with zero attached hydrogens (tertiary/aromatic N) is 3. The van der Waals surface area contributed by atoms with Crippen LogP contribution in [0.1, 0.15) is 35.7 Å². The van der Waals surface area contributed by atoms with Crippen LogP contribution in [-0.4, -0.2) is 29.2 Å². The summed E-state index contributed by atoms with van der Waals surface area (Å²) in [4.78, 5) is 15.4. The lowest BCUT2D eigenvalue weighted by Gasteiger charge is -2.33. The first-order valence-corrected chi connectivity index (χ1v) is 10.2. The molecule has 3 aromatic rings. The minimum Gasteiger partial charge on any atom is -0.354 e. The number of carbonyl (C=O) groups is 1. The van der Waals surface area contributed by atoms with Crippen molar-refractivity contribution >= 4 is 11.7 Å². The Labute approximate surface area is 171 Å². The first-order chi connectivity index (χ1) is 14.2. The third-order valence-electron chi connectivity index (χ3n) is 5.45. The number of aryl methyl sites for hydroxylation is 1. The minimum atomic E-state index is -0.153. The molecular weight excluding hydrogens is 360 g/mol. The summed E-state index contributed by atoms with van der Waals surface area (Å²) in [5.41, 5.74) is 3.07. The van der Waals surface area contributed by atoms with Crippen LogP contribution in [0, 0.1) is 12.8 Å². The van der Waals surface area contributed by atoms with Gasteiger partial charge in [-0.1, -0.05) is 60.7 Å². The van der Waals surface area contributed by atoms with Crippen LogP contribution in [0.4, 0.5) is 5.82 Å². The molecule has 5 nitrogen and oxygen atoms in total. The van der Waals surface area contributed by atoms with Crippen LogP contribution in [-0.2, 0) is 4.79 Å². The van der Waals surface area contributed by atoms with E-state index in [1.807, 2.05) is 55.5 Å². The predicted molar refractivity (Wildman–Crippen MR) is 115 cm³/mol. The smallest absolute Gasteiger partial charge is 0.225 e. The Morgan fingerprint density at radius 2 is 1.62 bits per heavy atom. The van der Waals surface area contributed by atoms with Crippen molar-refractivity contribution in [3.63, 3.8) is 0 Å². The van der Waals surface area contributed by atoms with E-state index in [1.165, 1.54) is 0 Å². The zero-order valence-corrected chi connectivity index (χ0v) is 16.7. The summed E-state index contributed by atoms with van der Waals surface area (Å²) >= 11 is 0. The molecule has 1 aliphatic rings. The Morgan fingerprint density at radius 3 is 2.21 bits per heavy atom. The van der Waals surface area contributed by atoms with E-state index in [0.29, 0.717) is 6.54 Å². The standard InChI is InChI=1S/C24H26N4O/c1-18-14-15-22(27-26-18)28-16-8-13-21(17-28)24(29)25-23(19-9-4-2-5-10-19)20-11-6-3-7-12-20/h2-7,9-12,14-15,21,23H,8,13,16-17H2,1H3,(H,25,29). The normalized spacial score (nSPS) is 16.6. The molecule has 29 heavy (non-hydrogen) atoms. The molecule has 1 aromatic heterocycles. The van der Waals surface area contributed by atoms with Gasteiger partial charge in [0.05, 0.1) is 17.7 Å². The van der Waals surface area contributed by atoms with E-state index in [0.717, 1.165) is 42.0 Å². The van der Waals surface area contributed by atoms with Crippen molar-refractivity contribution in [1.82, 2.24) is 15.5 Å². The molecule has 1 unspecified atom stereocenters. The van der Waals surface area contributed by atoms with Gasteiger partial charge >= 0.3 is 0 Å². The van der Waals surface area contributed by atoms with E-state index in [4.69, 9.17) is 0 Å². The number of benzene rings is 2. The second-order valence-corrected chi connectivity index (χ2v) is 7.58. The van der Waals surface area contributed by atoms with E-state index in [-0.39, 0.29) is 17.9 Å². The van der Waals surface area contributed by atoms with Crippen molar-refractivity contribution in [2.75, 3.05) is 18.0 Å². The average Bonchev–Trinajstić information content (AvgIpc) is 2.79. The minimum absolute atomic E-state index is 0.0678. The SMILES string of the molecule is Cc1ccc(N2CCCC(C(=O)NC(c3ccccc3)c3ccccc3)C2)nn1. The average molecular weight is 386 g/mol. The predicted octanol–water partition coefficient (Wildman–Crippen LogP) is 3.91. The third-order valence-corrected chi connectivity index (χ3v) is 5.45. The van der Waals surface area contributed by atoms with Crippen LogP contribution < -0.4 is 10.2 Å². The molecular formula is C24H26N4O. The Kier molecular flexibility index (Phi) is 5.84. The Balaban J connectivity index is 1.50. The fraction of sp³-hybridized carbons (Fsp3) is 0.292. The largest absolute Gasteiger partial charge is 0.354 e. The molecule has 0 radical (unpaired) electrons. The van der Waals surface area contributed by atoms with Gasteiger partial charge in [0.15, 0.2) is 5.82 Å². The number of hydrogen-bond acceptors (Lipinski definition) is 4. The summed E-state index contributed by atoms with van der Waals surface area (Å²) in [6.07, 6.45) is 1.85. The summed E-state index contributed by atoms with van der Waals surface area (Å²) in [5.74, 6) is 0.866. The molecule has 4 rings (SSSR count). The van der Waals surface area contributed by atoms with Gasteiger partial charge in [-0.2, -0.15) is 5.10 Å². The van der Waals surface area contributed by atoms with Crippen LogP contribution in [0.15, 0.2) is 72.8 Å². The van der Waals surface area contributed by atoms with Crippen LogP contribution >= 0.6 is 0 Å². The van der Waals surface area contributed by atoms with Gasteiger partial charge in [0.1, 0.15) is 0 Å². The molecule has 1 amide bonds. The summed E-state index contributed by atoms with van der Waals surface area (Å²) in [6.45, 7) is 3.50. The number of hydrogen-bond donors (Lipinski definition) is 1. The summed E-state index contributed by atoms with van der Waals surface area (Å²) in [6, 6.07) is 24.1. The quantitative estimate of drug-likeness (QED) is 0.722. The lowest BCUT2D eigenvalue weighted by molar-refractivity contribution is -0.125. The van der Waals surface area contributed by atoms with Gasteiger partial charge < -0.3 is 10.2 Å². The first-order valence-electron chi connectivity index (χ1n) is 10.2. The van der Waals surface area contributed by atoms with Crippen molar-refractivity contribution in [2.45, 2.75) is 25.8 Å². The van der Waals surface area contributed by atoms with Crippen molar-refractivity contribution in [3.8, 4) is 0 Å². The van der Waals surface area contributed by atoms with Gasteiger partial charge in [0.25, 0.3) is 0 Å². The number of aromatic nitrogens is 2. The van der Waals surface area contributed by atoms with E-state index in [2.05, 4.69) is 44.7 Å². The Morgan fingerprint density at radius 1 is 0.966 bits per heavy atom. The summed E-state index contributed by atoms with van der Waals surface area (Å²) in [7, 11) is 0. The Hall–Kier alpha value is -3.21. The topological polar surface area (TPSA) is 58.1 Å². The second-order valence-electron chi connectivity index (χ2n) is 7.58. The van der Waals surface area contributed by atoms with Gasteiger partial charge in [0.2, 0.25) is 5.91 Å². The molecule has 2 aromatic carbocycles. The zero-order valence-electron chi connectivity index (χ0n) is 16.7. The molecule has 1 fully saturated rings. The van der Waals surface area contributed by atoms with Crippen LogP contribution in [0.5, 0.6) is 0 Å². The van der Waals surface area contributed by atoms with Crippen molar-refractivity contribution < 1.29 is 4.79 Å². The lowest BCUT2D eigenvalue weighted by Crippen LogP contribution is -2.44. The van der Waals surface area contributed by atoms with Crippen LogP contribution in [0.3, 0.4) is 0 Å². The lowest BCUT2D eigenvalue weighted by atomic mass is 9.94. The van der Waals surface area contributed by atoms with Gasteiger partial charge in [-0.05, 0) is 43.0 Å². The number of nitrogens with one attached hydrogen (secondary N) is 1. The fourth-order valence-electron chi connectivity index (χ4n) is 3.87. The number of amides is 1. The summed E-state index contributed by atoms with van der Waals surface area (Å²) < 4.78 is 0. The number of rotatable bonds is 5. The monoisotopic (exact) mass is 386 g/mol. The van der Waals surface area contributed by atoms with E-state index in [9.17, 15) is 4.79 Å². The molecule has 0 bridgehead atoms. The Bertz CT molecular complexity index is 889. The maximum atomic E-state index is 13.2. The molecule has 0 saturated carbocycles. The molecule has 2 heterocycles. The van der Waals surface area contributed by atoms with Crippen LogP contribution in [0.25, 0.3) is 0 Å². The molecule has 1 aliphatic heterocycles. The molecule has 0 aliphatic carbocycles. The molecule has 5 heteroatoms. The number of piperidine rings is 1.